The first-order valence-corrected chi connectivity index (χ1v) is 32.7. The minimum Gasteiger partial charge on any atom is -0.462 e. The summed E-state index contributed by atoms with van der Waals surface area (Å²) in [7, 11) is 1.49. The van der Waals surface area contributed by atoms with Crippen LogP contribution in [-0.2, 0) is 32.7 Å². The number of rotatable bonds is 58. The lowest BCUT2D eigenvalue weighted by molar-refractivity contribution is -0.870. The third kappa shape index (κ3) is 59.3. The number of carbonyl (C=O) groups excluding carboxylic acids is 2. The molecule has 0 aromatic rings. The van der Waals surface area contributed by atoms with Crippen molar-refractivity contribution in [3.05, 3.63) is 36.5 Å². The molecular formula is C63H121NO8P+. The Labute approximate surface area is 452 Å². The van der Waals surface area contributed by atoms with Crippen molar-refractivity contribution in [2.45, 2.75) is 309 Å². The molecule has 0 saturated carbocycles. The fourth-order valence-electron chi connectivity index (χ4n) is 9.04. The minimum atomic E-state index is -4.38. The van der Waals surface area contributed by atoms with Crippen LogP contribution in [0.15, 0.2) is 36.5 Å². The zero-order valence-corrected chi connectivity index (χ0v) is 49.8. The van der Waals surface area contributed by atoms with Crippen LogP contribution in [0.3, 0.4) is 0 Å². The predicted molar refractivity (Wildman–Crippen MR) is 312 cm³/mol. The monoisotopic (exact) mass is 1050 g/mol. The van der Waals surface area contributed by atoms with Crippen molar-refractivity contribution in [2.75, 3.05) is 47.5 Å². The number of phosphoric acid groups is 1. The summed E-state index contributed by atoms with van der Waals surface area (Å²) >= 11 is 0. The van der Waals surface area contributed by atoms with Gasteiger partial charge in [-0.15, -0.1) is 0 Å². The second-order valence-corrected chi connectivity index (χ2v) is 23.9. The summed E-state index contributed by atoms with van der Waals surface area (Å²) in [5, 5.41) is 0. The number of unbranched alkanes of at least 4 members (excludes halogenated alkanes) is 38. The van der Waals surface area contributed by atoms with Gasteiger partial charge in [0.15, 0.2) is 6.10 Å². The van der Waals surface area contributed by atoms with Crippen LogP contribution in [0, 0.1) is 0 Å². The van der Waals surface area contributed by atoms with Crippen molar-refractivity contribution in [3.8, 4) is 0 Å². The smallest absolute Gasteiger partial charge is 0.462 e. The molecule has 0 aromatic heterocycles. The highest BCUT2D eigenvalue weighted by Gasteiger charge is 2.27. The van der Waals surface area contributed by atoms with Gasteiger partial charge in [-0.25, -0.2) is 4.57 Å². The Balaban J connectivity index is 3.88. The number of phosphoric ester groups is 1. The van der Waals surface area contributed by atoms with Crippen molar-refractivity contribution in [1.82, 2.24) is 0 Å². The summed E-state index contributed by atoms with van der Waals surface area (Å²) in [4.78, 5) is 35.6. The van der Waals surface area contributed by atoms with E-state index in [1.165, 1.54) is 212 Å². The van der Waals surface area contributed by atoms with Gasteiger partial charge in [-0.05, 0) is 70.6 Å². The second-order valence-electron chi connectivity index (χ2n) is 22.4. The lowest BCUT2D eigenvalue weighted by Gasteiger charge is -2.24. The molecule has 0 aliphatic carbocycles. The number of ether oxygens (including phenoxy) is 2. The second kappa shape index (κ2) is 55.0. The molecule has 0 saturated heterocycles. The quantitative estimate of drug-likeness (QED) is 0.0211. The van der Waals surface area contributed by atoms with Crippen LogP contribution in [0.5, 0.6) is 0 Å². The summed E-state index contributed by atoms with van der Waals surface area (Å²) in [6, 6.07) is 0. The molecule has 1 N–H and O–H groups in total. The fourth-order valence-corrected chi connectivity index (χ4v) is 9.78. The van der Waals surface area contributed by atoms with Crippen LogP contribution in [-0.4, -0.2) is 74.9 Å². The Morgan fingerprint density at radius 3 is 1.12 bits per heavy atom. The topological polar surface area (TPSA) is 108 Å². The molecule has 2 atom stereocenters. The number of hydrogen-bond donors (Lipinski definition) is 1. The molecule has 0 aliphatic heterocycles. The third-order valence-corrected chi connectivity index (χ3v) is 14.9. The molecular weight excluding hydrogens is 930 g/mol. The molecule has 0 aliphatic rings. The Hall–Kier alpha value is -1.77. The highest BCUT2D eigenvalue weighted by Crippen LogP contribution is 2.43. The Morgan fingerprint density at radius 2 is 0.740 bits per heavy atom. The molecule has 73 heavy (non-hydrogen) atoms. The molecule has 0 aromatic carbocycles. The lowest BCUT2D eigenvalue weighted by atomic mass is 10.0. The van der Waals surface area contributed by atoms with Crippen molar-refractivity contribution in [2.24, 2.45) is 0 Å². The zero-order chi connectivity index (χ0) is 53.5. The summed E-state index contributed by atoms with van der Waals surface area (Å²) in [6.45, 7) is 4.42. The number of allylic oxidation sites excluding steroid dienone is 6. The third-order valence-electron chi connectivity index (χ3n) is 13.9. The number of carbonyl (C=O) groups is 2. The van der Waals surface area contributed by atoms with Gasteiger partial charge >= 0.3 is 19.8 Å². The van der Waals surface area contributed by atoms with Crippen molar-refractivity contribution in [1.29, 1.82) is 0 Å². The van der Waals surface area contributed by atoms with E-state index in [-0.39, 0.29) is 32.0 Å². The minimum absolute atomic E-state index is 0.0326. The maximum Gasteiger partial charge on any atom is 0.472 e. The molecule has 9 nitrogen and oxygen atoms in total. The molecule has 0 spiro atoms. The molecule has 0 heterocycles. The number of nitrogens with zero attached hydrogens (tertiary/aromatic N) is 1. The van der Waals surface area contributed by atoms with Gasteiger partial charge < -0.3 is 18.9 Å². The number of likely N-dealkylation sites (N-methyl/N-ethyl adjacent to an activating group) is 1. The van der Waals surface area contributed by atoms with E-state index < -0.39 is 26.5 Å². The molecule has 430 valence electrons. The van der Waals surface area contributed by atoms with E-state index in [0.717, 1.165) is 57.8 Å². The van der Waals surface area contributed by atoms with Gasteiger partial charge in [-0.2, -0.15) is 0 Å². The highest BCUT2D eigenvalue weighted by molar-refractivity contribution is 7.47. The summed E-state index contributed by atoms with van der Waals surface area (Å²) in [5.74, 6) is -0.796. The largest absolute Gasteiger partial charge is 0.472 e. The van der Waals surface area contributed by atoms with E-state index in [1.54, 1.807) is 0 Å². The maximum atomic E-state index is 12.8. The van der Waals surface area contributed by atoms with Gasteiger partial charge in [0.05, 0.1) is 27.7 Å². The summed E-state index contributed by atoms with van der Waals surface area (Å²) in [6.07, 6.45) is 68.3. The molecule has 2 unspecified atom stereocenters. The van der Waals surface area contributed by atoms with Crippen molar-refractivity contribution >= 4 is 19.8 Å². The van der Waals surface area contributed by atoms with Crippen LogP contribution < -0.4 is 0 Å². The van der Waals surface area contributed by atoms with Gasteiger partial charge in [0.1, 0.15) is 19.8 Å². The first-order chi connectivity index (χ1) is 35.5. The number of esters is 2. The average molecular weight is 1050 g/mol. The SMILES string of the molecule is CCCCC/C=C\CCCCCCCC(=O)OCC(COP(=O)(O)OCC[N+](C)(C)C)OC(=O)CCCCCCCCCCCCCCCCCCCCCCCCCCC/C=C\C/C=C\CCCCCCC. The first-order valence-electron chi connectivity index (χ1n) is 31.2. The van der Waals surface area contributed by atoms with E-state index in [1.807, 2.05) is 21.1 Å². The van der Waals surface area contributed by atoms with E-state index in [2.05, 4.69) is 50.3 Å². The molecule has 0 bridgehead atoms. The van der Waals surface area contributed by atoms with Crippen molar-refractivity contribution in [3.63, 3.8) is 0 Å². The number of hydrogen-bond acceptors (Lipinski definition) is 7. The van der Waals surface area contributed by atoms with E-state index in [9.17, 15) is 19.0 Å². The van der Waals surface area contributed by atoms with Gasteiger partial charge in [0.25, 0.3) is 0 Å². The lowest BCUT2D eigenvalue weighted by Crippen LogP contribution is -2.37. The van der Waals surface area contributed by atoms with E-state index in [0.29, 0.717) is 17.4 Å². The molecule has 0 rings (SSSR count). The Morgan fingerprint density at radius 1 is 0.425 bits per heavy atom. The van der Waals surface area contributed by atoms with E-state index in [4.69, 9.17) is 18.5 Å². The Kier molecular flexibility index (Phi) is 53.7. The number of quaternary nitrogens is 1. The van der Waals surface area contributed by atoms with Gasteiger partial charge in [-0.3, -0.25) is 18.6 Å². The predicted octanol–water partition coefficient (Wildman–Crippen LogP) is 19.5. The molecule has 0 radical (unpaired) electrons. The van der Waals surface area contributed by atoms with Crippen molar-refractivity contribution < 1.29 is 42.1 Å². The van der Waals surface area contributed by atoms with Gasteiger partial charge in [0.2, 0.25) is 0 Å². The van der Waals surface area contributed by atoms with Crippen LogP contribution in [0.1, 0.15) is 303 Å². The van der Waals surface area contributed by atoms with Gasteiger partial charge in [0, 0.05) is 12.8 Å². The summed E-state index contributed by atoms with van der Waals surface area (Å²) < 4.78 is 34.5. The normalized spacial score (nSPS) is 13.5. The average Bonchev–Trinajstić information content (AvgIpc) is 3.35. The zero-order valence-electron chi connectivity index (χ0n) is 48.9. The van der Waals surface area contributed by atoms with Crippen LogP contribution >= 0.6 is 7.82 Å². The highest BCUT2D eigenvalue weighted by atomic mass is 31.2. The van der Waals surface area contributed by atoms with E-state index >= 15 is 0 Å². The standard InChI is InChI=1S/C63H120NO8P/c1-6-8-10-12-14-16-18-20-21-22-23-24-25-26-27-28-29-30-31-32-33-34-35-36-37-38-39-40-41-42-43-44-46-48-50-52-54-56-63(66)72-61(60-71-73(67,68)70-58-57-64(3,4)5)59-69-62(65)55-53-51-49-47-45-19-17-15-13-11-9-7-2/h15,17-18,20,22-23,61H,6-14,16,19,21,24-60H2,1-5H3/p+1/b17-15-,20-18-,23-22-. The van der Waals surface area contributed by atoms with Gasteiger partial charge in [-0.1, -0.05) is 256 Å². The molecule has 0 fully saturated rings. The molecule has 0 amide bonds. The Bertz CT molecular complexity index is 1330. The van der Waals surface area contributed by atoms with Crippen LogP contribution in [0.2, 0.25) is 0 Å². The first kappa shape index (κ1) is 71.2. The summed E-state index contributed by atoms with van der Waals surface area (Å²) in [5.41, 5.74) is 0. The van der Waals surface area contributed by atoms with Crippen LogP contribution in [0.4, 0.5) is 0 Å². The molecule has 10 heteroatoms. The van der Waals surface area contributed by atoms with Crippen LogP contribution in [0.25, 0.3) is 0 Å². The fraction of sp³-hybridized carbons (Fsp3) is 0.873. The maximum absolute atomic E-state index is 12.8.